The molecule has 0 amide bonds. The van der Waals surface area contributed by atoms with Crippen LogP contribution in [0.3, 0.4) is 0 Å². The topological polar surface area (TPSA) is 43.8 Å². The van der Waals surface area contributed by atoms with Crippen LogP contribution in [0.2, 0.25) is 0 Å². The maximum atomic E-state index is 11.1. The molecule has 1 N–H and O–H groups in total. The lowest BCUT2D eigenvalue weighted by Crippen LogP contribution is -2.38. The van der Waals surface area contributed by atoms with Gasteiger partial charge >= 0.3 is 5.97 Å². The first kappa shape index (κ1) is 15.3. The SMILES string of the molecule is O=C(O)C1CCCN(Cc2ccc(N3CCCCC3)cc2)C1. The number of hydrogen-bond donors (Lipinski definition) is 1. The van der Waals surface area contributed by atoms with Crippen LogP contribution in [-0.4, -0.2) is 42.2 Å². The molecule has 1 aromatic carbocycles. The quantitative estimate of drug-likeness (QED) is 0.928. The maximum Gasteiger partial charge on any atom is 0.307 e. The molecule has 4 nitrogen and oxygen atoms in total. The van der Waals surface area contributed by atoms with Gasteiger partial charge in [-0.25, -0.2) is 0 Å². The van der Waals surface area contributed by atoms with Gasteiger partial charge in [-0.05, 0) is 56.3 Å². The molecule has 1 unspecified atom stereocenters. The van der Waals surface area contributed by atoms with E-state index in [1.807, 2.05) is 0 Å². The molecule has 2 heterocycles. The summed E-state index contributed by atoms with van der Waals surface area (Å²) >= 11 is 0. The second-order valence-electron chi connectivity index (χ2n) is 6.63. The standard InChI is InChI=1S/C18H26N2O2/c21-18(22)16-5-4-10-19(14-16)13-15-6-8-17(9-7-15)20-11-2-1-3-12-20/h6-9,16H,1-5,10-14H2,(H,21,22). The van der Waals surface area contributed by atoms with E-state index in [1.54, 1.807) is 0 Å². The lowest BCUT2D eigenvalue weighted by atomic mass is 9.98. The van der Waals surface area contributed by atoms with E-state index in [2.05, 4.69) is 34.1 Å². The Morgan fingerprint density at radius 2 is 1.77 bits per heavy atom. The van der Waals surface area contributed by atoms with E-state index in [-0.39, 0.29) is 5.92 Å². The summed E-state index contributed by atoms with van der Waals surface area (Å²) in [6.45, 7) is 4.91. The molecule has 1 aromatic rings. The Morgan fingerprint density at radius 1 is 1.05 bits per heavy atom. The van der Waals surface area contributed by atoms with Crippen LogP contribution in [0.15, 0.2) is 24.3 Å². The van der Waals surface area contributed by atoms with Crippen molar-refractivity contribution in [3.63, 3.8) is 0 Å². The number of piperidine rings is 2. The molecule has 3 rings (SSSR count). The molecule has 22 heavy (non-hydrogen) atoms. The number of hydrogen-bond acceptors (Lipinski definition) is 3. The van der Waals surface area contributed by atoms with Crippen molar-refractivity contribution in [2.45, 2.75) is 38.6 Å². The molecule has 2 aliphatic heterocycles. The molecule has 0 spiro atoms. The fourth-order valence-electron chi connectivity index (χ4n) is 3.62. The summed E-state index contributed by atoms with van der Waals surface area (Å²) < 4.78 is 0. The highest BCUT2D eigenvalue weighted by atomic mass is 16.4. The van der Waals surface area contributed by atoms with Gasteiger partial charge < -0.3 is 10.0 Å². The van der Waals surface area contributed by atoms with Gasteiger partial charge in [0, 0.05) is 31.9 Å². The van der Waals surface area contributed by atoms with Crippen LogP contribution in [0.5, 0.6) is 0 Å². The highest BCUT2D eigenvalue weighted by Gasteiger charge is 2.25. The molecule has 120 valence electrons. The fourth-order valence-corrected chi connectivity index (χ4v) is 3.62. The first-order chi connectivity index (χ1) is 10.7. The van der Waals surface area contributed by atoms with E-state index in [9.17, 15) is 9.90 Å². The number of likely N-dealkylation sites (tertiary alicyclic amines) is 1. The predicted octanol–water partition coefficient (Wildman–Crippen LogP) is 2.97. The van der Waals surface area contributed by atoms with Gasteiger partial charge in [0.2, 0.25) is 0 Å². The van der Waals surface area contributed by atoms with Crippen molar-refractivity contribution in [1.82, 2.24) is 4.90 Å². The Balaban J connectivity index is 1.57. The molecular formula is C18H26N2O2. The van der Waals surface area contributed by atoms with Gasteiger partial charge in [0.1, 0.15) is 0 Å². The van der Waals surface area contributed by atoms with Crippen LogP contribution >= 0.6 is 0 Å². The zero-order valence-electron chi connectivity index (χ0n) is 13.2. The summed E-state index contributed by atoms with van der Waals surface area (Å²) in [6, 6.07) is 8.85. The molecule has 0 bridgehead atoms. The minimum Gasteiger partial charge on any atom is -0.481 e. The Kier molecular flexibility index (Phi) is 4.98. The van der Waals surface area contributed by atoms with Crippen molar-refractivity contribution in [2.24, 2.45) is 5.92 Å². The normalized spacial score (nSPS) is 23.5. The highest BCUT2D eigenvalue weighted by molar-refractivity contribution is 5.70. The number of carbonyl (C=O) groups is 1. The Morgan fingerprint density at radius 3 is 2.45 bits per heavy atom. The van der Waals surface area contributed by atoms with Crippen molar-refractivity contribution in [3.8, 4) is 0 Å². The lowest BCUT2D eigenvalue weighted by molar-refractivity contribution is -0.143. The molecule has 0 aliphatic carbocycles. The van der Waals surface area contributed by atoms with E-state index in [0.717, 1.165) is 25.9 Å². The number of anilines is 1. The van der Waals surface area contributed by atoms with Gasteiger partial charge in [-0.2, -0.15) is 0 Å². The smallest absolute Gasteiger partial charge is 0.307 e. The van der Waals surface area contributed by atoms with Crippen LogP contribution < -0.4 is 4.90 Å². The molecule has 0 aromatic heterocycles. The summed E-state index contributed by atoms with van der Waals surface area (Å²) in [4.78, 5) is 15.9. The van der Waals surface area contributed by atoms with E-state index in [1.165, 1.54) is 43.6 Å². The summed E-state index contributed by atoms with van der Waals surface area (Å²) in [5.74, 6) is -0.841. The number of carboxylic acids is 1. The molecule has 0 radical (unpaired) electrons. The minimum atomic E-state index is -0.648. The number of aliphatic carboxylic acids is 1. The zero-order valence-corrected chi connectivity index (χ0v) is 13.2. The third-order valence-corrected chi connectivity index (χ3v) is 4.92. The number of benzene rings is 1. The maximum absolute atomic E-state index is 11.1. The molecule has 0 saturated carbocycles. The third-order valence-electron chi connectivity index (χ3n) is 4.92. The van der Waals surface area contributed by atoms with Crippen LogP contribution in [0.1, 0.15) is 37.7 Å². The number of rotatable bonds is 4. The first-order valence-electron chi connectivity index (χ1n) is 8.51. The van der Waals surface area contributed by atoms with Gasteiger partial charge in [0.05, 0.1) is 5.92 Å². The van der Waals surface area contributed by atoms with Crippen LogP contribution in [0, 0.1) is 5.92 Å². The molecule has 4 heteroatoms. The van der Waals surface area contributed by atoms with Gasteiger partial charge in [0.25, 0.3) is 0 Å². The van der Waals surface area contributed by atoms with Crippen LogP contribution in [0.4, 0.5) is 5.69 Å². The van der Waals surface area contributed by atoms with Gasteiger partial charge in [0.15, 0.2) is 0 Å². The highest BCUT2D eigenvalue weighted by Crippen LogP contribution is 2.22. The number of carboxylic acid groups (broad SMARTS) is 1. The van der Waals surface area contributed by atoms with E-state index < -0.39 is 5.97 Å². The van der Waals surface area contributed by atoms with Gasteiger partial charge in [-0.15, -0.1) is 0 Å². The lowest BCUT2D eigenvalue weighted by Gasteiger charge is -2.31. The summed E-state index contributed by atoms with van der Waals surface area (Å²) in [7, 11) is 0. The van der Waals surface area contributed by atoms with Crippen molar-refractivity contribution in [1.29, 1.82) is 0 Å². The fraction of sp³-hybridized carbons (Fsp3) is 0.611. The first-order valence-corrected chi connectivity index (χ1v) is 8.51. The Labute approximate surface area is 132 Å². The number of nitrogens with zero attached hydrogens (tertiary/aromatic N) is 2. The zero-order chi connectivity index (χ0) is 15.4. The van der Waals surface area contributed by atoms with Crippen molar-refractivity contribution < 1.29 is 9.90 Å². The van der Waals surface area contributed by atoms with Gasteiger partial charge in [-0.3, -0.25) is 9.69 Å². The molecular weight excluding hydrogens is 276 g/mol. The van der Waals surface area contributed by atoms with Crippen molar-refractivity contribution in [2.75, 3.05) is 31.1 Å². The average Bonchev–Trinajstić information content (AvgIpc) is 2.56. The average molecular weight is 302 g/mol. The minimum absolute atomic E-state index is 0.193. The molecule has 1 atom stereocenters. The summed E-state index contributed by atoms with van der Waals surface area (Å²) in [5, 5.41) is 9.17. The van der Waals surface area contributed by atoms with Crippen LogP contribution in [0.25, 0.3) is 0 Å². The Hall–Kier alpha value is -1.55. The van der Waals surface area contributed by atoms with E-state index >= 15 is 0 Å². The van der Waals surface area contributed by atoms with Crippen molar-refractivity contribution >= 4 is 11.7 Å². The Bertz CT molecular complexity index is 494. The predicted molar refractivity (Wildman–Crippen MR) is 88.1 cm³/mol. The largest absolute Gasteiger partial charge is 0.481 e. The van der Waals surface area contributed by atoms with Crippen LogP contribution in [-0.2, 0) is 11.3 Å². The monoisotopic (exact) mass is 302 g/mol. The summed E-state index contributed by atoms with van der Waals surface area (Å²) in [6.07, 6.45) is 5.76. The van der Waals surface area contributed by atoms with Gasteiger partial charge in [-0.1, -0.05) is 12.1 Å². The molecule has 2 saturated heterocycles. The molecule has 2 aliphatic rings. The second-order valence-corrected chi connectivity index (χ2v) is 6.63. The summed E-state index contributed by atoms with van der Waals surface area (Å²) in [5.41, 5.74) is 2.61. The van der Waals surface area contributed by atoms with E-state index in [0.29, 0.717) is 6.54 Å². The third kappa shape index (κ3) is 3.80. The molecule has 2 fully saturated rings. The van der Waals surface area contributed by atoms with Crippen molar-refractivity contribution in [3.05, 3.63) is 29.8 Å². The van der Waals surface area contributed by atoms with E-state index in [4.69, 9.17) is 0 Å². The second kappa shape index (κ2) is 7.14.